The van der Waals surface area contributed by atoms with Crippen LogP contribution in [-0.2, 0) is 11.8 Å². The van der Waals surface area contributed by atoms with E-state index in [0.29, 0.717) is 41.1 Å². The fraction of sp³-hybridized carbons (Fsp3) is 0.360. The first-order chi connectivity index (χ1) is 17.0. The van der Waals surface area contributed by atoms with E-state index in [9.17, 15) is 9.59 Å². The minimum absolute atomic E-state index is 0.0909. The van der Waals surface area contributed by atoms with Crippen LogP contribution in [0.5, 0.6) is 5.75 Å². The first kappa shape index (κ1) is 24.6. The second-order valence-corrected chi connectivity index (χ2v) is 9.26. The molecule has 10 heteroatoms. The van der Waals surface area contributed by atoms with E-state index in [0.717, 1.165) is 13.1 Å². The lowest BCUT2D eigenvalue weighted by Crippen LogP contribution is -2.49. The fourth-order valence-corrected chi connectivity index (χ4v) is 4.81. The Hall–Kier alpha value is -3.53. The van der Waals surface area contributed by atoms with Crippen molar-refractivity contribution in [3.05, 3.63) is 66.0 Å². The molecule has 184 valence electrons. The number of aromatic nitrogens is 3. The number of anilines is 1. The number of nitrogens with zero attached hydrogens (tertiary/aromatic N) is 5. The predicted octanol–water partition coefficient (Wildman–Crippen LogP) is 2.76. The highest BCUT2D eigenvalue weighted by atomic mass is 32.2. The van der Waals surface area contributed by atoms with Crippen LogP contribution in [0, 0.1) is 0 Å². The van der Waals surface area contributed by atoms with Gasteiger partial charge in [0.15, 0.2) is 11.0 Å². The summed E-state index contributed by atoms with van der Waals surface area (Å²) in [5.41, 5.74) is 1.72. The van der Waals surface area contributed by atoms with Gasteiger partial charge in [0, 0.05) is 44.5 Å². The monoisotopic (exact) mass is 494 g/mol. The van der Waals surface area contributed by atoms with Crippen molar-refractivity contribution >= 4 is 29.3 Å². The molecule has 2 heterocycles. The van der Waals surface area contributed by atoms with Crippen LogP contribution >= 0.6 is 11.8 Å². The average molecular weight is 495 g/mol. The molecule has 1 fully saturated rings. The third-order valence-electron chi connectivity index (χ3n) is 6.03. The van der Waals surface area contributed by atoms with E-state index in [1.54, 1.807) is 31.4 Å². The minimum Gasteiger partial charge on any atom is -0.497 e. The summed E-state index contributed by atoms with van der Waals surface area (Å²) in [4.78, 5) is 29.6. The normalized spacial score (nSPS) is 14.5. The Morgan fingerprint density at radius 2 is 1.71 bits per heavy atom. The maximum Gasteiger partial charge on any atom is 0.251 e. The first-order valence-corrected chi connectivity index (χ1v) is 12.5. The molecule has 1 saturated heterocycles. The largest absolute Gasteiger partial charge is 0.497 e. The third kappa shape index (κ3) is 5.94. The zero-order valence-corrected chi connectivity index (χ0v) is 21.0. The number of carbonyl (C=O) groups excluding carboxylic acids is 2. The van der Waals surface area contributed by atoms with Crippen LogP contribution in [0.25, 0.3) is 0 Å². The Morgan fingerprint density at radius 1 is 1.03 bits per heavy atom. The van der Waals surface area contributed by atoms with Gasteiger partial charge in [0.2, 0.25) is 5.91 Å². The molecule has 4 rings (SSSR count). The van der Waals surface area contributed by atoms with Crippen LogP contribution < -0.4 is 15.0 Å². The number of amides is 2. The molecule has 9 nitrogen and oxygen atoms in total. The molecular formula is C25H30N6O3S. The molecule has 1 unspecified atom stereocenters. The summed E-state index contributed by atoms with van der Waals surface area (Å²) in [6, 6.07) is 16.8. The van der Waals surface area contributed by atoms with Crippen LogP contribution in [0.3, 0.4) is 0 Å². The predicted molar refractivity (Wildman–Crippen MR) is 136 cm³/mol. The van der Waals surface area contributed by atoms with Gasteiger partial charge >= 0.3 is 0 Å². The number of thioether (sulfide) groups is 1. The lowest BCUT2D eigenvalue weighted by Gasteiger charge is -2.36. The van der Waals surface area contributed by atoms with Gasteiger partial charge in [-0.25, -0.2) is 0 Å². The van der Waals surface area contributed by atoms with Gasteiger partial charge in [0.25, 0.3) is 5.91 Å². The summed E-state index contributed by atoms with van der Waals surface area (Å²) < 4.78 is 6.96. The van der Waals surface area contributed by atoms with Gasteiger partial charge in [-0.1, -0.05) is 30.0 Å². The molecule has 1 aliphatic heterocycles. The smallest absolute Gasteiger partial charge is 0.251 e. The van der Waals surface area contributed by atoms with Crippen molar-refractivity contribution in [2.24, 2.45) is 7.05 Å². The van der Waals surface area contributed by atoms with Gasteiger partial charge < -0.3 is 24.4 Å². The minimum atomic E-state index is -0.349. The summed E-state index contributed by atoms with van der Waals surface area (Å²) in [5, 5.41) is 12.1. The molecule has 2 aromatic carbocycles. The Kier molecular flexibility index (Phi) is 7.91. The Morgan fingerprint density at radius 3 is 2.37 bits per heavy atom. The van der Waals surface area contributed by atoms with E-state index in [-0.39, 0.29) is 17.9 Å². The maximum atomic E-state index is 12.8. The lowest BCUT2D eigenvalue weighted by molar-refractivity contribution is -0.128. The van der Waals surface area contributed by atoms with Crippen molar-refractivity contribution in [2.75, 3.05) is 43.9 Å². The summed E-state index contributed by atoms with van der Waals surface area (Å²) in [5.74, 6) is 1.50. The number of para-hydroxylation sites is 1. The van der Waals surface area contributed by atoms with Gasteiger partial charge in [0.1, 0.15) is 5.75 Å². The highest BCUT2D eigenvalue weighted by Gasteiger charge is 2.23. The molecule has 3 aromatic rings. The molecule has 0 radical (unpaired) electrons. The molecule has 0 bridgehead atoms. The zero-order chi connectivity index (χ0) is 24.8. The molecular weight excluding hydrogens is 464 g/mol. The van der Waals surface area contributed by atoms with Crippen molar-refractivity contribution in [2.45, 2.75) is 18.1 Å². The second kappa shape index (κ2) is 11.3. The number of benzene rings is 2. The van der Waals surface area contributed by atoms with E-state index >= 15 is 0 Å². The summed E-state index contributed by atoms with van der Waals surface area (Å²) in [6.07, 6.45) is 0. The van der Waals surface area contributed by atoms with Crippen LogP contribution in [0.1, 0.15) is 29.1 Å². The van der Waals surface area contributed by atoms with Crippen LogP contribution in [0.4, 0.5) is 5.69 Å². The van der Waals surface area contributed by atoms with Gasteiger partial charge in [0.05, 0.1) is 18.9 Å². The van der Waals surface area contributed by atoms with Crippen LogP contribution in [0.15, 0.2) is 59.8 Å². The highest BCUT2D eigenvalue weighted by molar-refractivity contribution is 7.99. The van der Waals surface area contributed by atoms with Gasteiger partial charge in [-0.3, -0.25) is 9.59 Å². The van der Waals surface area contributed by atoms with E-state index in [1.165, 1.54) is 17.4 Å². The Labute approximate surface area is 209 Å². The van der Waals surface area contributed by atoms with Crippen molar-refractivity contribution in [1.29, 1.82) is 0 Å². The summed E-state index contributed by atoms with van der Waals surface area (Å²) >= 11 is 1.36. The third-order valence-corrected chi connectivity index (χ3v) is 7.04. The van der Waals surface area contributed by atoms with E-state index in [1.807, 2.05) is 41.6 Å². The number of rotatable bonds is 8. The van der Waals surface area contributed by atoms with Crippen molar-refractivity contribution in [1.82, 2.24) is 25.0 Å². The number of hydrogen-bond acceptors (Lipinski definition) is 7. The van der Waals surface area contributed by atoms with Crippen molar-refractivity contribution < 1.29 is 14.3 Å². The Bertz CT molecular complexity index is 1140. The standard InChI is InChI=1S/C25H30N6O3S/c1-18(26-24(33)19-9-11-21(34-3)12-10-19)23-27-28-25(29(23)2)35-17-22(32)31-15-13-30(14-16-31)20-7-5-4-6-8-20/h4-12,18H,13-17H2,1-3H3,(H,26,33). The molecule has 0 aliphatic carbocycles. The van der Waals surface area contributed by atoms with Gasteiger partial charge in [-0.05, 0) is 43.3 Å². The van der Waals surface area contributed by atoms with E-state index in [4.69, 9.17) is 4.74 Å². The molecule has 0 spiro atoms. The van der Waals surface area contributed by atoms with E-state index < -0.39 is 0 Å². The lowest BCUT2D eigenvalue weighted by atomic mass is 10.2. The molecule has 0 saturated carbocycles. The molecule has 1 aliphatic rings. The number of piperazine rings is 1. The second-order valence-electron chi connectivity index (χ2n) is 8.32. The number of carbonyl (C=O) groups is 2. The molecule has 1 atom stereocenters. The van der Waals surface area contributed by atoms with Crippen LogP contribution in [0.2, 0.25) is 0 Å². The summed E-state index contributed by atoms with van der Waals surface area (Å²) in [6.45, 7) is 4.90. The number of hydrogen-bond donors (Lipinski definition) is 1. The van der Waals surface area contributed by atoms with Crippen molar-refractivity contribution in [3.63, 3.8) is 0 Å². The number of ether oxygens (including phenoxy) is 1. The quantitative estimate of drug-likeness (QED) is 0.482. The molecule has 35 heavy (non-hydrogen) atoms. The van der Waals surface area contributed by atoms with Gasteiger partial charge in [-0.2, -0.15) is 0 Å². The average Bonchev–Trinajstić information content (AvgIpc) is 3.28. The van der Waals surface area contributed by atoms with Crippen LogP contribution in [-0.4, -0.2) is 70.5 Å². The topological polar surface area (TPSA) is 92.6 Å². The maximum absolute atomic E-state index is 12.8. The van der Waals surface area contributed by atoms with Crippen molar-refractivity contribution in [3.8, 4) is 5.75 Å². The Balaban J connectivity index is 1.27. The molecule has 2 amide bonds. The van der Waals surface area contributed by atoms with E-state index in [2.05, 4.69) is 32.5 Å². The number of nitrogens with one attached hydrogen (secondary N) is 1. The highest BCUT2D eigenvalue weighted by Crippen LogP contribution is 2.21. The molecule has 1 N–H and O–H groups in total. The first-order valence-electron chi connectivity index (χ1n) is 11.5. The SMILES string of the molecule is COc1ccc(C(=O)NC(C)c2nnc(SCC(=O)N3CCN(c4ccccc4)CC3)n2C)cc1. The molecule has 1 aromatic heterocycles. The fourth-order valence-electron chi connectivity index (χ4n) is 3.99. The van der Waals surface area contributed by atoms with Gasteiger partial charge in [-0.15, -0.1) is 10.2 Å². The summed E-state index contributed by atoms with van der Waals surface area (Å²) in [7, 11) is 3.43. The zero-order valence-electron chi connectivity index (χ0n) is 20.2. The number of methoxy groups -OCH3 is 1.